The molecule has 0 saturated carbocycles. The Labute approximate surface area is 248 Å². The normalized spacial score (nSPS) is 16.7. The second kappa shape index (κ2) is 12.6. The predicted octanol–water partition coefficient (Wildman–Crippen LogP) is 3.61. The van der Waals surface area contributed by atoms with E-state index in [1.165, 1.54) is 30.9 Å². The van der Waals surface area contributed by atoms with E-state index in [0.717, 1.165) is 6.07 Å². The van der Waals surface area contributed by atoms with E-state index in [-0.39, 0.29) is 47.3 Å². The topological polar surface area (TPSA) is 150 Å². The third-order valence-electron chi connectivity index (χ3n) is 7.05. The zero-order chi connectivity index (χ0) is 31.5. The Bertz CT molecular complexity index is 1620. The Kier molecular flexibility index (Phi) is 9.16. The second-order valence-electron chi connectivity index (χ2n) is 11.2. The minimum absolute atomic E-state index is 0.0579. The molecule has 2 heterocycles. The lowest BCUT2D eigenvalue weighted by atomic mass is 9.94. The zero-order valence-electron chi connectivity index (χ0n) is 24.7. The van der Waals surface area contributed by atoms with Crippen LogP contribution in [0.25, 0.3) is 22.4 Å². The smallest absolute Gasteiger partial charge is 0.325 e. The molecule has 1 saturated heterocycles. The number of carbonyl (C=O) groups is 2. The minimum Gasteiger partial charge on any atom is -0.497 e. The van der Waals surface area contributed by atoms with E-state index in [1.54, 1.807) is 56.0 Å². The number of nitriles is 1. The maximum atomic E-state index is 14.8. The van der Waals surface area contributed by atoms with Gasteiger partial charge in [0.15, 0.2) is 0 Å². The number of halogens is 1. The number of nitrogens with two attached hydrogens (primary N) is 1. The number of methoxy groups -OCH3 is 2. The van der Waals surface area contributed by atoms with Crippen LogP contribution in [0, 0.1) is 23.1 Å². The Balaban J connectivity index is 1.91. The lowest BCUT2D eigenvalue weighted by Crippen LogP contribution is -2.52. The van der Waals surface area contributed by atoms with Crippen LogP contribution in [0.3, 0.4) is 0 Å². The van der Waals surface area contributed by atoms with Crippen molar-refractivity contribution in [2.75, 3.05) is 25.7 Å². The van der Waals surface area contributed by atoms with Crippen LogP contribution < -0.4 is 20.9 Å². The molecule has 1 aromatic heterocycles. The van der Waals surface area contributed by atoms with E-state index >= 15 is 0 Å². The van der Waals surface area contributed by atoms with Crippen molar-refractivity contribution in [1.29, 1.82) is 5.26 Å². The maximum Gasteiger partial charge on any atom is 0.325 e. The van der Waals surface area contributed by atoms with Crippen molar-refractivity contribution in [1.82, 2.24) is 9.55 Å². The molecule has 2 aromatic carbocycles. The first-order valence-electron chi connectivity index (χ1n) is 13.7. The van der Waals surface area contributed by atoms with Crippen LogP contribution >= 0.6 is 0 Å². The number of carbonyl (C=O) groups excluding carboxylic acids is 2. The Morgan fingerprint density at radius 1 is 1.14 bits per heavy atom. The molecule has 1 aliphatic rings. The third-order valence-corrected chi connectivity index (χ3v) is 7.05. The van der Waals surface area contributed by atoms with Crippen molar-refractivity contribution in [2.24, 2.45) is 11.7 Å². The molecule has 4 rings (SSSR count). The SMILES string of the molecule is COC(=O)Cn1c(N2CCC(C(=O)OC(C)(C)C)CC2N)nc(-c2ccc(C#N)c(F)c2)c(-c2ccc(OC)cc2)c1=O. The van der Waals surface area contributed by atoms with Gasteiger partial charge in [0, 0.05) is 12.1 Å². The maximum absolute atomic E-state index is 14.8. The molecule has 0 spiro atoms. The summed E-state index contributed by atoms with van der Waals surface area (Å²) >= 11 is 0. The second-order valence-corrected chi connectivity index (χ2v) is 11.2. The number of benzene rings is 2. The van der Waals surface area contributed by atoms with Gasteiger partial charge in [-0.05, 0) is 63.4 Å². The van der Waals surface area contributed by atoms with Crippen LogP contribution in [-0.4, -0.2) is 54.0 Å². The van der Waals surface area contributed by atoms with Crippen molar-refractivity contribution < 1.29 is 28.2 Å². The Hall–Kier alpha value is -4.76. The van der Waals surface area contributed by atoms with Crippen molar-refractivity contribution in [3.8, 4) is 34.2 Å². The lowest BCUT2D eigenvalue weighted by molar-refractivity contribution is -0.161. The van der Waals surface area contributed by atoms with Gasteiger partial charge in [-0.3, -0.25) is 19.0 Å². The highest BCUT2D eigenvalue weighted by atomic mass is 19.1. The number of ether oxygens (including phenoxy) is 3. The summed E-state index contributed by atoms with van der Waals surface area (Å²) in [5.41, 5.74) is 6.02. The zero-order valence-corrected chi connectivity index (χ0v) is 24.7. The highest BCUT2D eigenvalue weighted by Crippen LogP contribution is 2.34. The lowest BCUT2D eigenvalue weighted by Gasteiger charge is -2.38. The van der Waals surface area contributed by atoms with Gasteiger partial charge < -0.3 is 24.8 Å². The largest absolute Gasteiger partial charge is 0.497 e. The van der Waals surface area contributed by atoms with Crippen LogP contribution in [0.4, 0.5) is 10.3 Å². The number of hydrogen-bond acceptors (Lipinski definition) is 10. The molecule has 2 N–H and O–H groups in total. The monoisotopic (exact) mass is 591 g/mol. The summed E-state index contributed by atoms with van der Waals surface area (Å²) in [5.74, 6) is -1.71. The summed E-state index contributed by atoms with van der Waals surface area (Å²) in [6.07, 6.45) is -0.193. The summed E-state index contributed by atoms with van der Waals surface area (Å²) in [4.78, 5) is 46.0. The van der Waals surface area contributed by atoms with Gasteiger partial charge in [0.1, 0.15) is 29.8 Å². The molecular formula is C31H34FN5O6. The molecule has 2 unspecified atom stereocenters. The average Bonchev–Trinajstić information content (AvgIpc) is 2.97. The van der Waals surface area contributed by atoms with Gasteiger partial charge in [-0.25, -0.2) is 9.37 Å². The number of anilines is 1. The highest BCUT2D eigenvalue weighted by Gasteiger charge is 2.36. The van der Waals surface area contributed by atoms with Crippen LogP contribution in [0.2, 0.25) is 0 Å². The molecule has 3 aromatic rings. The van der Waals surface area contributed by atoms with Crippen molar-refractivity contribution in [2.45, 2.75) is 51.9 Å². The first kappa shape index (κ1) is 31.2. The fraction of sp³-hybridized carbons (Fsp3) is 0.387. The van der Waals surface area contributed by atoms with Gasteiger partial charge in [-0.15, -0.1) is 0 Å². The first-order chi connectivity index (χ1) is 20.4. The predicted molar refractivity (Wildman–Crippen MR) is 157 cm³/mol. The van der Waals surface area contributed by atoms with E-state index in [0.29, 0.717) is 17.7 Å². The number of piperidine rings is 1. The fourth-order valence-electron chi connectivity index (χ4n) is 4.92. The van der Waals surface area contributed by atoms with E-state index in [1.807, 2.05) is 0 Å². The minimum atomic E-state index is -0.780. The molecule has 11 nitrogen and oxygen atoms in total. The van der Waals surface area contributed by atoms with Gasteiger partial charge in [-0.2, -0.15) is 5.26 Å². The molecule has 0 bridgehead atoms. The van der Waals surface area contributed by atoms with E-state index < -0.39 is 41.6 Å². The number of aromatic nitrogens is 2. The van der Waals surface area contributed by atoms with Crippen molar-refractivity contribution in [3.63, 3.8) is 0 Å². The number of esters is 2. The van der Waals surface area contributed by atoms with Gasteiger partial charge in [0.2, 0.25) is 5.95 Å². The van der Waals surface area contributed by atoms with E-state index in [9.17, 15) is 24.0 Å². The van der Waals surface area contributed by atoms with Gasteiger partial charge in [0.25, 0.3) is 5.56 Å². The number of rotatable bonds is 7. The standard InChI is InChI=1S/C31H34FN5O6/c1-31(2,3)43-29(40)20-12-13-36(24(34)15-20)30-35-27(19-6-7-21(16-33)23(32)14-19)26(18-8-10-22(41-4)11-9-18)28(39)37(30)17-25(38)42-5/h6-11,14,20,24H,12-13,15,17,34H2,1-5H3. The Morgan fingerprint density at radius 3 is 2.37 bits per heavy atom. The van der Waals surface area contributed by atoms with E-state index in [4.69, 9.17) is 24.9 Å². The van der Waals surface area contributed by atoms with Gasteiger partial charge in [-0.1, -0.05) is 18.2 Å². The van der Waals surface area contributed by atoms with Crippen LogP contribution in [0.15, 0.2) is 47.3 Å². The van der Waals surface area contributed by atoms with Crippen molar-refractivity contribution >= 4 is 17.9 Å². The molecule has 0 amide bonds. The quantitative estimate of drug-likeness (QED) is 0.404. The summed E-state index contributed by atoms with van der Waals surface area (Å²) in [6.45, 7) is 5.11. The number of hydrogen-bond donors (Lipinski definition) is 1. The van der Waals surface area contributed by atoms with E-state index in [2.05, 4.69) is 0 Å². The van der Waals surface area contributed by atoms with Crippen molar-refractivity contribution in [3.05, 3.63) is 64.2 Å². The molecule has 2 atom stereocenters. The highest BCUT2D eigenvalue weighted by molar-refractivity contribution is 5.82. The summed E-state index contributed by atoms with van der Waals surface area (Å²) in [6, 6.07) is 12.4. The Morgan fingerprint density at radius 2 is 1.81 bits per heavy atom. The summed E-state index contributed by atoms with van der Waals surface area (Å²) in [5, 5.41) is 9.25. The molecule has 1 aliphatic heterocycles. The fourth-order valence-corrected chi connectivity index (χ4v) is 4.92. The van der Waals surface area contributed by atoms with Gasteiger partial charge >= 0.3 is 11.9 Å². The van der Waals surface area contributed by atoms with Crippen LogP contribution in [0.5, 0.6) is 5.75 Å². The van der Waals surface area contributed by atoms with Crippen LogP contribution in [-0.2, 0) is 25.6 Å². The number of nitrogens with zero attached hydrogens (tertiary/aromatic N) is 4. The van der Waals surface area contributed by atoms with Crippen LogP contribution in [0.1, 0.15) is 39.2 Å². The molecule has 0 aliphatic carbocycles. The summed E-state index contributed by atoms with van der Waals surface area (Å²) in [7, 11) is 2.71. The molecular weight excluding hydrogens is 557 g/mol. The first-order valence-corrected chi connectivity index (χ1v) is 13.7. The third kappa shape index (κ3) is 6.84. The molecule has 0 radical (unpaired) electrons. The molecule has 43 heavy (non-hydrogen) atoms. The molecule has 226 valence electrons. The molecule has 12 heteroatoms. The average molecular weight is 592 g/mol. The molecule has 1 fully saturated rings. The summed E-state index contributed by atoms with van der Waals surface area (Å²) < 4.78 is 31.7. The van der Waals surface area contributed by atoms with Gasteiger partial charge in [0.05, 0.1) is 43.1 Å².